The Balaban J connectivity index is 0. The average Bonchev–Trinajstić information content (AvgIpc) is 2.18. The van der Waals surface area contributed by atoms with E-state index in [0.717, 1.165) is 12.8 Å². The fraction of sp³-hybridized carbons (Fsp3) is 0.727. The number of urea groups is 1. The third kappa shape index (κ3) is 3.81. The molecule has 1 saturated heterocycles. The number of barbiturate groups is 1. The average molecular weight is 274 g/mol. The molecule has 0 aromatic heterocycles. The van der Waals surface area contributed by atoms with Crippen molar-refractivity contribution in [1.82, 2.24) is 10.6 Å². The van der Waals surface area contributed by atoms with Crippen LogP contribution >= 0.6 is 0 Å². The van der Waals surface area contributed by atoms with E-state index in [2.05, 4.69) is 10.6 Å². The van der Waals surface area contributed by atoms with E-state index in [-0.39, 0.29) is 65.0 Å². The van der Waals surface area contributed by atoms with Gasteiger partial charge in [0.2, 0.25) is 11.8 Å². The normalized spacial score (nSPS) is 18.9. The summed E-state index contributed by atoms with van der Waals surface area (Å²) in [7, 11) is 0. The van der Waals surface area contributed by atoms with Crippen molar-refractivity contribution in [2.24, 2.45) is 11.3 Å². The number of nitrogens with one attached hydrogen (secondary N) is 2. The Hall–Kier alpha value is 0.610. The predicted molar refractivity (Wildman–Crippen MR) is 72.8 cm³/mol. The molecule has 0 aliphatic carbocycles. The van der Waals surface area contributed by atoms with E-state index < -0.39 is 23.3 Å². The van der Waals surface area contributed by atoms with Crippen LogP contribution in [0.1, 0.15) is 40.0 Å². The quantitative estimate of drug-likeness (QED) is 0.555. The number of rotatable bonds is 4. The molecule has 0 bridgehead atoms. The molecule has 2 N–H and O–H groups in total. The third-order valence-electron chi connectivity index (χ3n) is 3.39. The molecule has 1 aliphatic heterocycles. The molecule has 1 fully saturated rings. The third-order valence-corrected chi connectivity index (χ3v) is 3.39. The van der Waals surface area contributed by atoms with Gasteiger partial charge in [-0.3, -0.25) is 20.2 Å². The molecule has 18 heavy (non-hydrogen) atoms. The van der Waals surface area contributed by atoms with Gasteiger partial charge in [-0.1, -0.05) is 27.2 Å². The van der Waals surface area contributed by atoms with Crippen molar-refractivity contribution in [2.45, 2.75) is 40.0 Å². The Morgan fingerprint density at radius 3 is 1.83 bits per heavy atom. The Morgan fingerprint density at radius 1 is 1.06 bits per heavy atom. The summed E-state index contributed by atoms with van der Waals surface area (Å²) in [5.74, 6) is -1.01. The maximum atomic E-state index is 11.9. The molecular weight excluding hydrogens is 254 g/mol. The molecule has 1 aliphatic rings. The number of carbonyl (C=O) groups is 3. The fourth-order valence-electron chi connectivity index (χ4n) is 2.36. The van der Waals surface area contributed by atoms with Crippen LogP contribution in [0.25, 0.3) is 0 Å². The second kappa shape index (κ2) is 8.72. The van der Waals surface area contributed by atoms with Crippen LogP contribution in [-0.4, -0.2) is 77.0 Å². The van der Waals surface area contributed by atoms with Crippen molar-refractivity contribution >= 4 is 77.0 Å². The molecular formula is C11H20N2Na2O3. The zero-order valence-electron chi connectivity index (χ0n) is 9.92. The van der Waals surface area contributed by atoms with E-state index in [0.29, 0.717) is 6.42 Å². The van der Waals surface area contributed by atoms with Gasteiger partial charge < -0.3 is 0 Å². The van der Waals surface area contributed by atoms with Crippen molar-refractivity contribution in [1.29, 1.82) is 0 Å². The summed E-state index contributed by atoms with van der Waals surface area (Å²) < 4.78 is 0. The van der Waals surface area contributed by atoms with Crippen LogP contribution in [0.2, 0.25) is 0 Å². The SMILES string of the molecule is CCC[C@@H](C)C1(CC)C(=O)NC(=O)NC1=O.[NaH].[NaH]. The van der Waals surface area contributed by atoms with E-state index in [1.54, 1.807) is 6.92 Å². The van der Waals surface area contributed by atoms with E-state index in [1.807, 2.05) is 13.8 Å². The van der Waals surface area contributed by atoms with Crippen molar-refractivity contribution in [3.8, 4) is 0 Å². The van der Waals surface area contributed by atoms with Crippen LogP contribution in [-0.2, 0) is 9.59 Å². The van der Waals surface area contributed by atoms with Gasteiger partial charge in [-0.2, -0.15) is 0 Å². The van der Waals surface area contributed by atoms with Crippen molar-refractivity contribution < 1.29 is 14.4 Å². The number of hydrogen-bond acceptors (Lipinski definition) is 3. The van der Waals surface area contributed by atoms with Crippen LogP contribution in [0, 0.1) is 11.3 Å². The first-order valence-electron chi connectivity index (χ1n) is 5.65. The molecule has 4 amide bonds. The molecule has 0 unspecified atom stereocenters. The van der Waals surface area contributed by atoms with Crippen LogP contribution in [0.3, 0.4) is 0 Å². The van der Waals surface area contributed by atoms with Crippen LogP contribution in [0.4, 0.5) is 4.79 Å². The topological polar surface area (TPSA) is 75.3 Å². The zero-order valence-corrected chi connectivity index (χ0v) is 9.92. The predicted octanol–water partition coefficient (Wildman–Crippen LogP) is -0.112. The molecule has 0 spiro atoms. The summed E-state index contributed by atoms with van der Waals surface area (Å²) >= 11 is 0. The Labute approximate surface area is 152 Å². The molecule has 1 atom stereocenters. The summed E-state index contributed by atoms with van der Waals surface area (Å²) in [6.45, 7) is 5.67. The molecule has 0 radical (unpaired) electrons. The van der Waals surface area contributed by atoms with Crippen molar-refractivity contribution in [3.63, 3.8) is 0 Å². The summed E-state index contributed by atoms with van der Waals surface area (Å²) in [6, 6.07) is -0.720. The van der Waals surface area contributed by atoms with Gasteiger partial charge in [0.15, 0.2) is 0 Å². The molecule has 1 rings (SSSR count). The summed E-state index contributed by atoms with van der Waals surface area (Å²) in [5, 5.41) is 4.36. The monoisotopic (exact) mass is 274 g/mol. The molecule has 7 heteroatoms. The molecule has 0 aromatic carbocycles. The van der Waals surface area contributed by atoms with Gasteiger partial charge in [0.1, 0.15) is 5.41 Å². The van der Waals surface area contributed by atoms with Crippen LogP contribution in [0.15, 0.2) is 0 Å². The standard InChI is InChI=1S/C11H18N2O3.2Na.2H/c1-4-6-7(3)11(5-2)8(14)12-10(16)13-9(11)15;;;;/h7H,4-6H2,1-3H3,(H2,12,13,14,15,16);;;;/t7-;;;;/m1..../s1. The first kappa shape index (κ1) is 20.9. The minimum atomic E-state index is -1.09. The molecule has 1 heterocycles. The fourth-order valence-corrected chi connectivity index (χ4v) is 2.36. The zero-order chi connectivity index (χ0) is 12.3. The number of carbonyl (C=O) groups excluding carboxylic acids is 3. The van der Waals surface area contributed by atoms with Gasteiger partial charge in [0, 0.05) is 0 Å². The maximum absolute atomic E-state index is 11.9. The molecule has 94 valence electrons. The minimum absolute atomic E-state index is 0. The molecule has 0 saturated carbocycles. The number of amides is 4. The van der Waals surface area contributed by atoms with Crippen molar-refractivity contribution in [2.75, 3.05) is 0 Å². The Kier molecular flexibility index (Phi) is 10.1. The van der Waals surface area contributed by atoms with Crippen molar-refractivity contribution in [3.05, 3.63) is 0 Å². The van der Waals surface area contributed by atoms with Gasteiger partial charge in [0.05, 0.1) is 0 Å². The summed E-state index contributed by atoms with van der Waals surface area (Å²) in [5.41, 5.74) is -1.09. The van der Waals surface area contributed by atoms with Crippen LogP contribution < -0.4 is 10.6 Å². The van der Waals surface area contributed by atoms with Crippen LogP contribution in [0.5, 0.6) is 0 Å². The van der Waals surface area contributed by atoms with E-state index in [1.165, 1.54) is 0 Å². The van der Waals surface area contributed by atoms with Gasteiger partial charge in [0.25, 0.3) is 0 Å². The summed E-state index contributed by atoms with van der Waals surface area (Å²) in [6.07, 6.45) is 2.08. The van der Waals surface area contributed by atoms with E-state index in [4.69, 9.17) is 0 Å². The van der Waals surface area contributed by atoms with Gasteiger partial charge >= 0.3 is 65.1 Å². The van der Waals surface area contributed by atoms with Gasteiger partial charge in [-0.15, -0.1) is 0 Å². The van der Waals surface area contributed by atoms with E-state index >= 15 is 0 Å². The number of hydrogen-bond donors (Lipinski definition) is 2. The van der Waals surface area contributed by atoms with Gasteiger partial charge in [-0.05, 0) is 18.8 Å². The first-order chi connectivity index (χ1) is 7.48. The Morgan fingerprint density at radius 2 is 1.50 bits per heavy atom. The summed E-state index contributed by atoms with van der Waals surface area (Å²) in [4.78, 5) is 34.8. The molecule has 5 nitrogen and oxygen atoms in total. The Bertz CT molecular complexity index is 314. The first-order valence-corrected chi connectivity index (χ1v) is 5.65. The van der Waals surface area contributed by atoms with Gasteiger partial charge in [-0.25, -0.2) is 4.79 Å². The second-order valence-corrected chi connectivity index (χ2v) is 4.25. The molecule has 0 aromatic rings. The van der Waals surface area contributed by atoms with E-state index in [9.17, 15) is 14.4 Å². The number of imide groups is 2. The second-order valence-electron chi connectivity index (χ2n) is 4.25.